The third kappa shape index (κ3) is 2.90. The van der Waals surface area contributed by atoms with Gasteiger partial charge in [-0.1, -0.05) is 48.5 Å². The number of rotatable bonds is 4. The average molecular weight is 331 g/mol. The lowest BCUT2D eigenvalue weighted by Gasteiger charge is -2.24. The third-order valence-electron chi connectivity index (χ3n) is 5.30. The Morgan fingerprint density at radius 3 is 2.48 bits per heavy atom. The van der Waals surface area contributed by atoms with Crippen LogP contribution in [0.4, 0.5) is 5.69 Å². The van der Waals surface area contributed by atoms with Crippen LogP contribution in [0.2, 0.25) is 0 Å². The normalized spacial score (nSPS) is 17.0. The summed E-state index contributed by atoms with van der Waals surface area (Å²) in [4.78, 5) is 4.63. The van der Waals surface area contributed by atoms with Crippen LogP contribution in [-0.2, 0) is 13.1 Å². The van der Waals surface area contributed by atoms with E-state index in [9.17, 15) is 0 Å². The maximum atomic E-state index is 6.15. The van der Waals surface area contributed by atoms with Crippen molar-refractivity contribution in [2.24, 2.45) is 5.73 Å². The monoisotopic (exact) mass is 331 g/mol. The van der Waals surface area contributed by atoms with Gasteiger partial charge in [0.25, 0.3) is 0 Å². The molecule has 3 heteroatoms. The molecule has 0 spiro atoms. The molecule has 0 aliphatic carbocycles. The summed E-state index contributed by atoms with van der Waals surface area (Å²) in [5, 5.41) is 2.68. The Morgan fingerprint density at radius 1 is 1.00 bits per heavy atom. The van der Waals surface area contributed by atoms with Gasteiger partial charge >= 0.3 is 0 Å². The lowest BCUT2D eigenvalue weighted by molar-refractivity contribution is 0.211. The smallest absolute Gasteiger partial charge is 0.0480 e. The molecule has 2 N–H and O–H groups in total. The summed E-state index contributed by atoms with van der Waals surface area (Å²) in [6.45, 7) is 2.55. The molecule has 1 unspecified atom stereocenters. The lowest BCUT2D eigenvalue weighted by atomic mass is 9.98. The Bertz CT molecular complexity index is 883. The van der Waals surface area contributed by atoms with E-state index >= 15 is 0 Å². The van der Waals surface area contributed by atoms with Crippen molar-refractivity contribution in [3.05, 3.63) is 77.4 Å². The van der Waals surface area contributed by atoms with E-state index in [2.05, 4.69) is 84.6 Å². The molecule has 4 rings (SSSR count). The number of hydrogen-bond acceptors (Lipinski definition) is 3. The molecular weight excluding hydrogens is 306 g/mol. The molecule has 0 fully saturated rings. The highest BCUT2D eigenvalue weighted by atomic mass is 15.2. The fraction of sp³-hybridized carbons (Fsp3) is 0.273. The van der Waals surface area contributed by atoms with Gasteiger partial charge < -0.3 is 10.6 Å². The van der Waals surface area contributed by atoms with Crippen LogP contribution in [0, 0.1) is 0 Å². The standard InChI is InChI=1S/C22H25N3/c1-24(2)18-10-7-16(8-11-18)14-25-15-21-19-6-4-3-5-17(19)9-12-20(21)22(25)13-23/h3-12,22H,13-15,23H2,1-2H3. The van der Waals surface area contributed by atoms with E-state index in [1.54, 1.807) is 0 Å². The first kappa shape index (κ1) is 16.1. The molecular formula is C22H25N3. The minimum atomic E-state index is 0.299. The van der Waals surface area contributed by atoms with Gasteiger partial charge in [0.1, 0.15) is 0 Å². The molecule has 0 amide bonds. The Morgan fingerprint density at radius 2 is 1.76 bits per heavy atom. The predicted molar refractivity (Wildman–Crippen MR) is 106 cm³/mol. The Kier molecular flexibility index (Phi) is 4.20. The molecule has 1 aliphatic heterocycles. The minimum absolute atomic E-state index is 0.299. The molecule has 3 nitrogen and oxygen atoms in total. The fourth-order valence-corrected chi connectivity index (χ4v) is 3.93. The molecule has 3 aromatic rings. The molecule has 0 saturated carbocycles. The molecule has 0 bridgehead atoms. The van der Waals surface area contributed by atoms with Gasteiger partial charge in [0.15, 0.2) is 0 Å². The number of nitrogens with zero attached hydrogens (tertiary/aromatic N) is 2. The van der Waals surface area contributed by atoms with Crippen molar-refractivity contribution in [2.45, 2.75) is 19.1 Å². The highest BCUT2D eigenvalue weighted by Gasteiger charge is 2.30. The summed E-state index contributed by atoms with van der Waals surface area (Å²) in [5.41, 5.74) is 11.6. The molecule has 1 aliphatic rings. The first-order valence-corrected chi connectivity index (χ1v) is 8.88. The molecule has 0 radical (unpaired) electrons. The summed E-state index contributed by atoms with van der Waals surface area (Å²) in [7, 11) is 4.14. The number of nitrogens with two attached hydrogens (primary N) is 1. The maximum Gasteiger partial charge on any atom is 0.0480 e. The summed E-state index contributed by atoms with van der Waals surface area (Å²) in [6, 6.07) is 22.3. The summed E-state index contributed by atoms with van der Waals surface area (Å²) < 4.78 is 0. The number of fused-ring (bicyclic) bond motifs is 3. The number of hydrogen-bond donors (Lipinski definition) is 1. The largest absolute Gasteiger partial charge is 0.378 e. The van der Waals surface area contributed by atoms with Crippen LogP contribution in [-0.4, -0.2) is 25.5 Å². The van der Waals surface area contributed by atoms with Gasteiger partial charge in [-0.25, -0.2) is 0 Å². The molecule has 25 heavy (non-hydrogen) atoms. The third-order valence-corrected chi connectivity index (χ3v) is 5.30. The Labute approximate surface area is 149 Å². The maximum absolute atomic E-state index is 6.15. The van der Waals surface area contributed by atoms with Crippen LogP contribution in [0.15, 0.2) is 60.7 Å². The van der Waals surface area contributed by atoms with E-state index in [0.29, 0.717) is 12.6 Å². The topological polar surface area (TPSA) is 32.5 Å². The Balaban J connectivity index is 1.63. The van der Waals surface area contributed by atoms with Gasteiger partial charge in [-0.05, 0) is 39.6 Å². The first-order chi connectivity index (χ1) is 12.2. The molecule has 0 saturated heterocycles. The van der Waals surface area contributed by atoms with Crippen LogP contribution in [0.25, 0.3) is 10.8 Å². The van der Waals surface area contributed by atoms with Crippen LogP contribution >= 0.6 is 0 Å². The van der Waals surface area contributed by atoms with Crippen molar-refractivity contribution in [1.29, 1.82) is 0 Å². The minimum Gasteiger partial charge on any atom is -0.378 e. The van der Waals surface area contributed by atoms with Crippen LogP contribution in [0.5, 0.6) is 0 Å². The zero-order chi connectivity index (χ0) is 17.4. The quantitative estimate of drug-likeness (QED) is 0.786. The second-order valence-corrected chi connectivity index (χ2v) is 7.07. The predicted octanol–water partition coefficient (Wildman–Crippen LogP) is 3.92. The molecule has 1 heterocycles. The highest BCUT2D eigenvalue weighted by molar-refractivity contribution is 5.87. The van der Waals surface area contributed by atoms with Crippen molar-refractivity contribution >= 4 is 16.5 Å². The number of benzene rings is 3. The van der Waals surface area contributed by atoms with E-state index < -0.39 is 0 Å². The van der Waals surface area contributed by atoms with Gasteiger partial charge in [-0.15, -0.1) is 0 Å². The van der Waals surface area contributed by atoms with E-state index in [1.165, 1.54) is 33.2 Å². The van der Waals surface area contributed by atoms with Crippen molar-refractivity contribution in [3.8, 4) is 0 Å². The highest BCUT2D eigenvalue weighted by Crippen LogP contribution is 2.38. The van der Waals surface area contributed by atoms with Crippen LogP contribution in [0.3, 0.4) is 0 Å². The van der Waals surface area contributed by atoms with E-state index in [-0.39, 0.29) is 0 Å². The lowest BCUT2D eigenvalue weighted by Crippen LogP contribution is -2.27. The van der Waals surface area contributed by atoms with E-state index in [4.69, 9.17) is 5.73 Å². The van der Waals surface area contributed by atoms with Crippen molar-refractivity contribution in [2.75, 3.05) is 25.5 Å². The van der Waals surface area contributed by atoms with Gasteiger partial charge in [0.05, 0.1) is 0 Å². The fourth-order valence-electron chi connectivity index (χ4n) is 3.93. The van der Waals surface area contributed by atoms with Gasteiger partial charge in [0, 0.05) is 45.5 Å². The Hall–Kier alpha value is -2.36. The first-order valence-electron chi connectivity index (χ1n) is 8.88. The SMILES string of the molecule is CN(C)c1ccc(CN2Cc3c(ccc4ccccc34)C2CN)cc1. The van der Waals surface area contributed by atoms with Crippen molar-refractivity contribution in [1.82, 2.24) is 4.90 Å². The van der Waals surface area contributed by atoms with Gasteiger partial charge in [0.2, 0.25) is 0 Å². The zero-order valence-electron chi connectivity index (χ0n) is 14.9. The van der Waals surface area contributed by atoms with Crippen LogP contribution in [0.1, 0.15) is 22.7 Å². The molecule has 1 atom stereocenters. The average Bonchev–Trinajstić information content (AvgIpc) is 2.99. The van der Waals surface area contributed by atoms with Crippen molar-refractivity contribution in [3.63, 3.8) is 0 Å². The molecule has 0 aromatic heterocycles. The van der Waals surface area contributed by atoms with Gasteiger partial charge in [-0.2, -0.15) is 0 Å². The van der Waals surface area contributed by atoms with E-state index in [1.807, 2.05) is 0 Å². The zero-order valence-corrected chi connectivity index (χ0v) is 14.9. The second kappa shape index (κ2) is 6.51. The molecule has 3 aromatic carbocycles. The summed E-state index contributed by atoms with van der Waals surface area (Å²) in [6.07, 6.45) is 0. The van der Waals surface area contributed by atoms with E-state index in [0.717, 1.165) is 13.1 Å². The summed E-state index contributed by atoms with van der Waals surface area (Å²) >= 11 is 0. The summed E-state index contributed by atoms with van der Waals surface area (Å²) in [5.74, 6) is 0. The molecule has 128 valence electrons. The second-order valence-electron chi connectivity index (χ2n) is 7.07. The van der Waals surface area contributed by atoms with Crippen molar-refractivity contribution < 1.29 is 0 Å². The van der Waals surface area contributed by atoms with Crippen LogP contribution < -0.4 is 10.6 Å². The van der Waals surface area contributed by atoms with Gasteiger partial charge in [-0.3, -0.25) is 4.90 Å². The number of anilines is 1.